The van der Waals surface area contributed by atoms with Crippen molar-refractivity contribution in [2.75, 3.05) is 11.9 Å². The molecule has 0 fully saturated rings. The van der Waals surface area contributed by atoms with Crippen LogP contribution in [0.5, 0.6) is 5.75 Å². The quantitative estimate of drug-likeness (QED) is 0.571. The summed E-state index contributed by atoms with van der Waals surface area (Å²) in [7, 11) is 0. The van der Waals surface area contributed by atoms with Gasteiger partial charge < -0.3 is 14.8 Å². The van der Waals surface area contributed by atoms with Crippen LogP contribution in [0.2, 0.25) is 0 Å². The SMILES string of the molecule is CCOc1ccccc1NC(=O)[C@@H](C)OC(=O)c1sc(-c2ccccc2)nc1C. The average molecular weight is 410 g/mol. The smallest absolute Gasteiger partial charge is 0.351 e. The summed E-state index contributed by atoms with van der Waals surface area (Å²) in [4.78, 5) is 29.9. The van der Waals surface area contributed by atoms with E-state index in [1.807, 2.05) is 43.3 Å². The van der Waals surface area contributed by atoms with Gasteiger partial charge in [0.25, 0.3) is 5.91 Å². The minimum atomic E-state index is -0.973. The van der Waals surface area contributed by atoms with Crippen molar-refractivity contribution in [3.63, 3.8) is 0 Å². The lowest BCUT2D eigenvalue weighted by Crippen LogP contribution is -2.30. The molecule has 3 aromatic rings. The fourth-order valence-electron chi connectivity index (χ4n) is 2.64. The zero-order valence-electron chi connectivity index (χ0n) is 16.5. The molecule has 1 heterocycles. The first-order chi connectivity index (χ1) is 14.0. The van der Waals surface area contributed by atoms with Crippen LogP contribution in [0.25, 0.3) is 10.6 Å². The van der Waals surface area contributed by atoms with Crippen LogP contribution in [0.15, 0.2) is 54.6 Å². The summed E-state index contributed by atoms with van der Waals surface area (Å²) in [5, 5.41) is 3.48. The highest BCUT2D eigenvalue weighted by molar-refractivity contribution is 7.17. The molecule has 1 atom stereocenters. The average Bonchev–Trinajstić information content (AvgIpc) is 3.12. The van der Waals surface area contributed by atoms with Crippen molar-refractivity contribution >= 4 is 28.9 Å². The van der Waals surface area contributed by atoms with Crippen molar-refractivity contribution < 1.29 is 19.1 Å². The number of amides is 1. The summed E-state index contributed by atoms with van der Waals surface area (Å²) < 4.78 is 10.9. The number of thiazole rings is 1. The maximum absolute atomic E-state index is 12.6. The highest BCUT2D eigenvalue weighted by atomic mass is 32.1. The lowest BCUT2D eigenvalue weighted by molar-refractivity contribution is -0.123. The van der Waals surface area contributed by atoms with Gasteiger partial charge in [-0.25, -0.2) is 9.78 Å². The maximum atomic E-state index is 12.6. The van der Waals surface area contributed by atoms with Crippen LogP contribution < -0.4 is 10.1 Å². The van der Waals surface area contributed by atoms with Crippen molar-refractivity contribution in [2.45, 2.75) is 26.9 Å². The molecule has 0 bridgehead atoms. The topological polar surface area (TPSA) is 77.5 Å². The molecule has 1 N–H and O–H groups in total. The number of nitrogens with zero attached hydrogens (tertiary/aromatic N) is 1. The van der Waals surface area contributed by atoms with E-state index in [4.69, 9.17) is 9.47 Å². The number of nitrogens with one attached hydrogen (secondary N) is 1. The number of ether oxygens (including phenoxy) is 2. The van der Waals surface area contributed by atoms with E-state index >= 15 is 0 Å². The van der Waals surface area contributed by atoms with E-state index in [0.29, 0.717) is 28.6 Å². The predicted molar refractivity (Wildman–Crippen MR) is 113 cm³/mol. The van der Waals surface area contributed by atoms with Crippen LogP contribution in [0.4, 0.5) is 5.69 Å². The second-order valence-corrected chi connectivity index (χ2v) is 7.26. The molecule has 0 unspecified atom stereocenters. The molecule has 2 aromatic carbocycles. The number of hydrogen-bond donors (Lipinski definition) is 1. The largest absolute Gasteiger partial charge is 0.492 e. The third-order valence-electron chi connectivity index (χ3n) is 4.10. The Morgan fingerprint density at radius 1 is 1.10 bits per heavy atom. The molecular weight excluding hydrogens is 388 g/mol. The van der Waals surface area contributed by atoms with Crippen LogP contribution in [0.3, 0.4) is 0 Å². The van der Waals surface area contributed by atoms with Gasteiger partial charge in [0.15, 0.2) is 6.10 Å². The number of aromatic nitrogens is 1. The predicted octanol–water partition coefficient (Wildman–Crippen LogP) is 4.70. The molecule has 0 saturated carbocycles. The van der Waals surface area contributed by atoms with Crippen LogP contribution in [-0.2, 0) is 9.53 Å². The van der Waals surface area contributed by atoms with Gasteiger partial charge >= 0.3 is 5.97 Å². The molecule has 1 amide bonds. The first-order valence-electron chi connectivity index (χ1n) is 9.26. The van der Waals surface area contributed by atoms with Crippen molar-refractivity contribution in [1.82, 2.24) is 4.98 Å². The fraction of sp³-hybridized carbons (Fsp3) is 0.227. The molecule has 0 aliphatic rings. The molecule has 7 heteroatoms. The molecule has 0 saturated heterocycles. The fourth-order valence-corrected chi connectivity index (χ4v) is 3.60. The molecule has 150 valence electrons. The van der Waals surface area contributed by atoms with Gasteiger partial charge in [-0.3, -0.25) is 4.79 Å². The van der Waals surface area contributed by atoms with Crippen molar-refractivity contribution in [1.29, 1.82) is 0 Å². The Morgan fingerprint density at radius 2 is 1.79 bits per heavy atom. The van der Waals surface area contributed by atoms with Crippen molar-refractivity contribution in [3.8, 4) is 16.3 Å². The minimum Gasteiger partial charge on any atom is -0.492 e. The molecule has 3 rings (SSSR count). The lowest BCUT2D eigenvalue weighted by Gasteiger charge is -2.15. The standard InChI is InChI=1S/C22H22N2O4S/c1-4-27-18-13-9-8-12-17(18)24-20(25)15(3)28-22(26)19-14(2)23-21(29-19)16-10-6-5-7-11-16/h5-13,15H,4H2,1-3H3,(H,24,25)/t15-/m1/s1. The van der Waals surface area contributed by atoms with Gasteiger partial charge in [-0.2, -0.15) is 0 Å². The zero-order valence-corrected chi connectivity index (χ0v) is 17.3. The summed E-state index contributed by atoms with van der Waals surface area (Å²) in [5.41, 5.74) is 2.04. The number of benzene rings is 2. The van der Waals surface area contributed by atoms with Crippen LogP contribution >= 0.6 is 11.3 Å². The minimum absolute atomic E-state index is 0.387. The number of para-hydroxylation sites is 2. The first kappa shape index (κ1) is 20.5. The monoisotopic (exact) mass is 410 g/mol. The molecule has 0 spiro atoms. The molecular formula is C22H22N2O4S. The van der Waals surface area contributed by atoms with E-state index < -0.39 is 18.0 Å². The summed E-state index contributed by atoms with van der Waals surface area (Å²) >= 11 is 1.25. The van der Waals surface area contributed by atoms with Crippen LogP contribution in [0.1, 0.15) is 29.2 Å². The molecule has 29 heavy (non-hydrogen) atoms. The second kappa shape index (κ2) is 9.34. The zero-order chi connectivity index (χ0) is 20.8. The van der Waals surface area contributed by atoms with Gasteiger partial charge in [0.2, 0.25) is 0 Å². The molecule has 0 radical (unpaired) electrons. The number of esters is 1. The Balaban J connectivity index is 1.68. The van der Waals surface area contributed by atoms with Crippen LogP contribution in [0, 0.1) is 6.92 Å². The molecule has 0 aliphatic carbocycles. The third-order valence-corrected chi connectivity index (χ3v) is 5.29. The van der Waals surface area contributed by atoms with Gasteiger partial charge in [0.1, 0.15) is 15.6 Å². The van der Waals surface area contributed by atoms with Gasteiger partial charge in [-0.15, -0.1) is 11.3 Å². The maximum Gasteiger partial charge on any atom is 0.351 e. The van der Waals surface area contributed by atoms with E-state index in [9.17, 15) is 9.59 Å². The van der Waals surface area contributed by atoms with Crippen molar-refractivity contribution in [3.05, 3.63) is 65.2 Å². The van der Waals surface area contributed by atoms with Gasteiger partial charge in [-0.1, -0.05) is 42.5 Å². The summed E-state index contributed by atoms with van der Waals surface area (Å²) in [6, 6.07) is 16.7. The number of carbonyl (C=O) groups excluding carboxylic acids is 2. The van der Waals surface area contributed by atoms with Gasteiger partial charge in [0.05, 0.1) is 18.0 Å². The Bertz CT molecular complexity index is 1000. The Kier molecular flexibility index (Phi) is 6.61. The van der Waals surface area contributed by atoms with E-state index in [1.54, 1.807) is 25.1 Å². The number of anilines is 1. The first-order valence-corrected chi connectivity index (χ1v) is 10.1. The lowest BCUT2D eigenvalue weighted by atomic mass is 10.2. The Morgan fingerprint density at radius 3 is 2.52 bits per heavy atom. The molecule has 6 nitrogen and oxygen atoms in total. The van der Waals surface area contributed by atoms with E-state index in [-0.39, 0.29) is 0 Å². The van der Waals surface area contributed by atoms with E-state index in [0.717, 1.165) is 10.6 Å². The second-order valence-electron chi connectivity index (χ2n) is 6.27. The molecule has 0 aliphatic heterocycles. The highest BCUT2D eigenvalue weighted by Gasteiger charge is 2.23. The highest BCUT2D eigenvalue weighted by Crippen LogP contribution is 2.29. The number of aryl methyl sites for hydroxylation is 1. The molecule has 1 aromatic heterocycles. The Labute approximate surface area is 173 Å². The summed E-state index contributed by atoms with van der Waals surface area (Å²) in [6.45, 7) is 5.63. The summed E-state index contributed by atoms with van der Waals surface area (Å²) in [5.74, 6) is -0.438. The van der Waals surface area contributed by atoms with Gasteiger partial charge in [-0.05, 0) is 32.9 Å². The number of rotatable bonds is 7. The number of hydrogen-bond acceptors (Lipinski definition) is 6. The Hall–Kier alpha value is -3.19. The van der Waals surface area contributed by atoms with E-state index in [2.05, 4.69) is 10.3 Å². The van der Waals surface area contributed by atoms with E-state index in [1.165, 1.54) is 18.3 Å². The van der Waals surface area contributed by atoms with Crippen LogP contribution in [-0.4, -0.2) is 29.6 Å². The number of carbonyl (C=O) groups is 2. The van der Waals surface area contributed by atoms with Crippen molar-refractivity contribution in [2.24, 2.45) is 0 Å². The summed E-state index contributed by atoms with van der Waals surface area (Å²) in [6.07, 6.45) is -0.973. The normalized spacial score (nSPS) is 11.6. The third kappa shape index (κ3) is 5.00. The van der Waals surface area contributed by atoms with Gasteiger partial charge in [0, 0.05) is 5.56 Å².